The van der Waals surface area contributed by atoms with E-state index in [1.807, 2.05) is 6.07 Å². The highest BCUT2D eigenvalue weighted by Crippen LogP contribution is 2.29. The number of hydrogen-bond acceptors (Lipinski definition) is 2. The Balaban J connectivity index is 2.09. The summed E-state index contributed by atoms with van der Waals surface area (Å²) in [6.45, 7) is 7.76. The van der Waals surface area contributed by atoms with Crippen LogP contribution < -0.4 is 5.32 Å². The number of nitrogens with one attached hydrogen (secondary N) is 1. The molecule has 1 aliphatic heterocycles. The van der Waals surface area contributed by atoms with Crippen molar-refractivity contribution in [1.82, 2.24) is 10.2 Å². The van der Waals surface area contributed by atoms with E-state index in [1.165, 1.54) is 31.2 Å². The zero-order valence-corrected chi connectivity index (χ0v) is 14.6. The Morgan fingerprint density at radius 2 is 2.29 bits per heavy atom. The van der Waals surface area contributed by atoms with Crippen LogP contribution in [0.15, 0.2) is 22.7 Å². The molecule has 1 saturated heterocycles. The van der Waals surface area contributed by atoms with Gasteiger partial charge in [0.05, 0.1) is 0 Å². The number of hydrogen-bond donors (Lipinski definition) is 1. The van der Waals surface area contributed by atoms with Crippen molar-refractivity contribution < 1.29 is 4.39 Å². The molecule has 0 spiro atoms. The van der Waals surface area contributed by atoms with E-state index in [9.17, 15) is 4.39 Å². The second-order valence-electron chi connectivity index (χ2n) is 5.98. The van der Waals surface area contributed by atoms with Crippen LogP contribution in [0.5, 0.6) is 0 Å². The molecule has 1 aliphatic rings. The summed E-state index contributed by atoms with van der Waals surface area (Å²) in [4.78, 5) is 2.53. The van der Waals surface area contributed by atoms with Crippen LogP contribution in [-0.4, -0.2) is 30.6 Å². The Morgan fingerprint density at radius 3 is 2.90 bits per heavy atom. The van der Waals surface area contributed by atoms with Crippen molar-refractivity contribution in [3.8, 4) is 0 Å². The minimum Gasteiger partial charge on any atom is -0.313 e. The zero-order chi connectivity index (χ0) is 15.2. The van der Waals surface area contributed by atoms with E-state index in [2.05, 4.69) is 40.0 Å². The topological polar surface area (TPSA) is 15.3 Å². The average Bonchev–Trinajstić information content (AvgIpc) is 2.95. The molecule has 0 aliphatic carbocycles. The molecule has 1 fully saturated rings. The highest BCUT2D eigenvalue weighted by Gasteiger charge is 2.23. The first kappa shape index (κ1) is 16.9. The van der Waals surface area contributed by atoms with Crippen molar-refractivity contribution in [3.63, 3.8) is 0 Å². The fourth-order valence-electron chi connectivity index (χ4n) is 3.04. The van der Waals surface area contributed by atoms with Crippen molar-refractivity contribution in [3.05, 3.63) is 34.1 Å². The summed E-state index contributed by atoms with van der Waals surface area (Å²) in [6.07, 6.45) is 4.95. The first-order valence-corrected chi connectivity index (χ1v) is 8.83. The van der Waals surface area contributed by atoms with E-state index >= 15 is 0 Å². The number of unbranched alkanes of at least 4 members (excludes halogenated alkanes) is 1. The summed E-state index contributed by atoms with van der Waals surface area (Å²) in [6, 6.07) is 5.93. The second-order valence-corrected chi connectivity index (χ2v) is 6.84. The molecule has 0 aromatic heterocycles. The summed E-state index contributed by atoms with van der Waals surface area (Å²) in [5.41, 5.74) is 1.17. The lowest BCUT2D eigenvalue weighted by atomic mass is 10.0. The maximum Gasteiger partial charge on any atom is 0.124 e. The van der Waals surface area contributed by atoms with Gasteiger partial charge in [0.2, 0.25) is 0 Å². The molecule has 2 nitrogen and oxygen atoms in total. The normalized spacial score (nSPS) is 20.1. The Labute approximate surface area is 136 Å². The number of rotatable bonds is 7. The maximum absolute atomic E-state index is 13.3. The van der Waals surface area contributed by atoms with Gasteiger partial charge in [0.25, 0.3) is 0 Å². The van der Waals surface area contributed by atoms with Crippen LogP contribution in [0.25, 0.3) is 0 Å². The maximum atomic E-state index is 13.3. The minimum absolute atomic E-state index is 0.185. The average molecular weight is 357 g/mol. The van der Waals surface area contributed by atoms with Gasteiger partial charge in [-0.3, -0.25) is 4.90 Å². The van der Waals surface area contributed by atoms with Crippen molar-refractivity contribution in [2.24, 2.45) is 0 Å². The molecular formula is C17H26BrFN2. The first-order chi connectivity index (χ1) is 10.1. The van der Waals surface area contributed by atoms with E-state index in [-0.39, 0.29) is 5.82 Å². The summed E-state index contributed by atoms with van der Waals surface area (Å²) in [5.74, 6) is -0.185. The summed E-state index contributed by atoms with van der Waals surface area (Å²) < 4.78 is 14.2. The zero-order valence-electron chi connectivity index (χ0n) is 13.0. The van der Waals surface area contributed by atoms with Crippen LogP contribution in [0.2, 0.25) is 0 Å². The third-order valence-corrected chi connectivity index (χ3v) is 5.06. The van der Waals surface area contributed by atoms with Gasteiger partial charge < -0.3 is 5.32 Å². The number of benzene rings is 1. The van der Waals surface area contributed by atoms with E-state index in [1.54, 1.807) is 12.1 Å². The van der Waals surface area contributed by atoms with E-state index in [4.69, 9.17) is 0 Å². The quantitative estimate of drug-likeness (QED) is 0.773. The monoisotopic (exact) mass is 356 g/mol. The molecule has 2 rings (SSSR count). The lowest BCUT2D eigenvalue weighted by Crippen LogP contribution is -2.39. The van der Waals surface area contributed by atoms with Gasteiger partial charge in [-0.1, -0.05) is 35.3 Å². The van der Waals surface area contributed by atoms with Crippen molar-refractivity contribution in [1.29, 1.82) is 0 Å². The molecule has 1 aromatic carbocycles. The molecule has 0 amide bonds. The van der Waals surface area contributed by atoms with Crippen LogP contribution >= 0.6 is 15.9 Å². The lowest BCUT2D eigenvalue weighted by molar-refractivity contribution is 0.189. The molecule has 1 heterocycles. The minimum atomic E-state index is -0.185. The fourth-order valence-corrected chi connectivity index (χ4v) is 3.72. The Morgan fingerprint density at radius 1 is 1.48 bits per heavy atom. The molecule has 0 bridgehead atoms. The van der Waals surface area contributed by atoms with E-state index in [0.717, 1.165) is 24.1 Å². The molecular weight excluding hydrogens is 331 g/mol. The molecule has 2 atom stereocenters. The van der Waals surface area contributed by atoms with Crippen LogP contribution in [-0.2, 0) is 0 Å². The largest absolute Gasteiger partial charge is 0.313 e. The molecule has 2 unspecified atom stereocenters. The molecule has 118 valence electrons. The Bertz CT molecular complexity index is 446. The van der Waals surface area contributed by atoms with Crippen molar-refractivity contribution >= 4 is 15.9 Å². The Hall–Kier alpha value is -0.450. The predicted molar refractivity (Wildman–Crippen MR) is 90.0 cm³/mol. The third-order valence-electron chi connectivity index (χ3n) is 4.38. The van der Waals surface area contributed by atoms with Gasteiger partial charge in [0, 0.05) is 23.1 Å². The van der Waals surface area contributed by atoms with Gasteiger partial charge in [-0.15, -0.1) is 0 Å². The predicted octanol–water partition coefficient (Wildman–Crippen LogP) is 4.50. The van der Waals surface area contributed by atoms with Crippen molar-refractivity contribution in [2.45, 2.75) is 51.6 Å². The van der Waals surface area contributed by atoms with Crippen LogP contribution in [0.1, 0.15) is 51.1 Å². The summed E-state index contributed by atoms with van der Waals surface area (Å²) in [5, 5.41) is 3.58. The summed E-state index contributed by atoms with van der Waals surface area (Å²) in [7, 11) is 0. The van der Waals surface area contributed by atoms with Gasteiger partial charge in [-0.05, 0) is 57.0 Å². The van der Waals surface area contributed by atoms with E-state index < -0.39 is 0 Å². The number of halogens is 2. The molecule has 1 N–H and O–H groups in total. The smallest absolute Gasteiger partial charge is 0.124 e. The molecule has 21 heavy (non-hydrogen) atoms. The highest BCUT2D eigenvalue weighted by atomic mass is 79.9. The standard InChI is InChI=1S/C17H26BrFN2/c1-3-4-10-21(12-15-6-5-9-20-15)13(2)16-8-7-14(19)11-17(16)18/h7-8,11,13,15,20H,3-6,9-10,12H2,1-2H3. The van der Waals surface area contributed by atoms with Gasteiger partial charge in [-0.2, -0.15) is 0 Å². The lowest BCUT2D eigenvalue weighted by Gasteiger charge is -2.32. The second kappa shape index (κ2) is 8.25. The van der Waals surface area contributed by atoms with Crippen molar-refractivity contribution in [2.75, 3.05) is 19.6 Å². The first-order valence-electron chi connectivity index (χ1n) is 8.04. The third kappa shape index (κ3) is 4.76. The van der Waals surface area contributed by atoms with Crippen LogP contribution in [0, 0.1) is 5.82 Å². The van der Waals surface area contributed by atoms with Gasteiger partial charge >= 0.3 is 0 Å². The van der Waals surface area contributed by atoms with Crippen LogP contribution in [0.4, 0.5) is 4.39 Å². The number of nitrogens with zero attached hydrogens (tertiary/aromatic N) is 1. The Kier molecular flexibility index (Phi) is 6.65. The van der Waals surface area contributed by atoms with Gasteiger partial charge in [-0.25, -0.2) is 4.39 Å². The van der Waals surface area contributed by atoms with Crippen LogP contribution in [0.3, 0.4) is 0 Å². The van der Waals surface area contributed by atoms with Gasteiger partial charge in [0.1, 0.15) is 5.82 Å². The highest BCUT2D eigenvalue weighted by molar-refractivity contribution is 9.10. The molecule has 1 aromatic rings. The summed E-state index contributed by atoms with van der Waals surface area (Å²) >= 11 is 3.51. The fraction of sp³-hybridized carbons (Fsp3) is 0.647. The SMILES string of the molecule is CCCCN(CC1CCCN1)C(C)c1ccc(F)cc1Br. The van der Waals surface area contributed by atoms with E-state index in [0.29, 0.717) is 12.1 Å². The molecule has 0 radical (unpaired) electrons. The van der Waals surface area contributed by atoms with Gasteiger partial charge in [0.15, 0.2) is 0 Å². The molecule has 4 heteroatoms. The molecule has 0 saturated carbocycles.